The minimum Gasteiger partial charge on any atom is -0.377 e. The average molecular weight is 284 g/mol. The van der Waals surface area contributed by atoms with E-state index in [1.807, 2.05) is 25.8 Å². The summed E-state index contributed by atoms with van der Waals surface area (Å²) in [5.74, 6) is 0.325. The van der Waals surface area contributed by atoms with Crippen LogP contribution < -0.4 is 4.90 Å². The smallest absolute Gasteiger partial charge is 0.186 e. The number of aldehydes is 1. The Hall–Kier alpha value is -0.940. The summed E-state index contributed by atoms with van der Waals surface area (Å²) in [5, 5.41) is 0.893. The van der Waals surface area contributed by atoms with Gasteiger partial charge in [0.25, 0.3) is 0 Å². The highest BCUT2D eigenvalue weighted by Crippen LogP contribution is 2.30. The van der Waals surface area contributed by atoms with Crippen LogP contribution in [-0.4, -0.2) is 37.6 Å². The van der Waals surface area contributed by atoms with Crippen molar-refractivity contribution in [3.63, 3.8) is 0 Å². The van der Waals surface area contributed by atoms with Gasteiger partial charge in [0.2, 0.25) is 0 Å². The van der Waals surface area contributed by atoms with E-state index >= 15 is 0 Å². The van der Waals surface area contributed by atoms with Gasteiger partial charge in [0.15, 0.2) is 11.4 Å². The lowest BCUT2D eigenvalue weighted by Crippen LogP contribution is -2.23. The van der Waals surface area contributed by atoms with Gasteiger partial charge in [-0.2, -0.15) is 0 Å². The Balaban J connectivity index is 2.72. The number of ether oxygens (including phenoxy) is 1. The van der Waals surface area contributed by atoms with Crippen LogP contribution in [0.2, 0.25) is 0 Å². The SMILES string of the molecule is CCC(C)c1nc(N(C)CCOC(C)C)sc1C=O. The maximum absolute atomic E-state index is 11.1. The molecule has 5 heteroatoms. The number of carbonyl (C=O) groups excluding carboxylic acids is 1. The quantitative estimate of drug-likeness (QED) is 0.687. The first-order chi connectivity index (χ1) is 8.99. The molecule has 0 aliphatic rings. The van der Waals surface area contributed by atoms with E-state index in [9.17, 15) is 4.79 Å². The predicted octanol–water partition coefficient (Wildman–Crippen LogP) is 3.33. The van der Waals surface area contributed by atoms with Gasteiger partial charge in [-0.25, -0.2) is 4.98 Å². The van der Waals surface area contributed by atoms with Gasteiger partial charge in [0, 0.05) is 13.6 Å². The molecule has 0 bridgehead atoms. The molecule has 108 valence electrons. The highest BCUT2D eigenvalue weighted by Gasteiger charge is 2.17. The third kappa shape index (κ3) is 4.58. The molecule has 1 aromatic rings. The Morgan fingerprint density at radius 1 is 1.42 bits per heavy atom. The molecule has 1 unspecified atom stereocenters. The van der Waals surface area contributed by atoms with Gasteiger partial charge in [-0.1, -0.05) is 25.2 Å². The highest BCUT2D eigenvalue weighted by molar-refractivity contribution is 7.17. The third-order valence-electron chi connectivity index (χ3n) is 3.06. The van der Waals surface area contributed by atoms with E-state index in [4.69, 9.17) is 4.74 Å². The molecule has 1 atom stereocenters. The number of rotatable bonds is 8. The van der Waals surface area contributed by atoms with Gasteiger partial charge in [-0.15, -0.1) is 0 Å². The van der Waals surface area contributed by atoms with E-state index in [-0.39, 0.29) is 6.10 Å². The molecule has 0 spiro atoms. The molecule has 0 aromatic carbocycles. The van der Waals surface area contributed by atoms with Gasteiger partial charge in [0.1, 0.15) is 0 Å². The zero-order valence-electron chi connectivity index (χ0n) is 12.5. The van der Waals surface area contributed by atoms with Gasteiger partial charge in [0.05, 0.1) is 23.3 Å². The molecule has 1 heterocycles. The van der Waals surface area contributed by atoms with Crippen LogP contribution in [0.25, 0.3) is 0 Å². The normalized spacial score (nSPS) is 12.7. The molecule has 0 saturated carbocycles. The molecular weight excluding hydrogens is 260 g/mol. The number of anilines is 1. The lowest BCUT2D eigenvalue weighted by Gasteiger charge is -2.16. The maximum Gasteiger partial charge on any atom is 0.186 e. The molecule has 0 aliphatic heterocycles. The number of nitrogens with zero attached hydrogens (tertiary/aromatic N) is 2. The molecule has 0 fully saturated rings. The molecule has 4 nitrogen and oxygen atoms in total. The molecule has 19 heavy (non-hydrogen) atoms. The number of aromatic nitrogens is 1. The van der Waals surface area contributed by atoms with Crippen LogP contribution in [0.4, 0.5) is 5.13 Å². The van der Waals surface area contributed by atoms with Crippen molar-refractivity contribution in [2.24, 2.45) is 0 Å². The van der Waals surface area contributed by atoms with Crippen LogP contribution in [0.1, 0.15) is 55.4 Å². The van der Waals surface area contributed by atoms with Crippen molar-refractivity contribution in [1.29, 1.82) is 0 Å². The van der Waals surface area contributed by atoms with Crippen molar-refractivity contribution < 1.29 is 9.53 Å². The molecule has 0 radical (unpaired) electrons. The third-order valence-corrected chi connectivity index (χ3v) is 4.17. The summed E-state index contributed by atoms with van der Waals surface area (Å²) in [7, 11) is 1.98. The average Bonchev–Trinajstić information content (AvgIpc) is 2.81. The fourth-order valence-corrected chi connectivity index (χ4v) is 2.63. The zero-order valence-corrected chi connectivity index (χ0v) is 13.3. The highest BCUT2D eigenvalue weighted by atomic mass is 32.1. The number of hydrogen-bond acceptors (Lipinski definition) is 5. The summed E-state index contributed by atoms with van der Waals surface area (Å²) in [6, 6.07) is 0. The second kappa shape index (κ2) is 7.60. The summed E-state index contributed by atoms with van der Waals surface area (Å²) < 4.78 is 5.53. The molecule has 0 amide bonds. The molecule has 0 aliphatic carbocycles. The van der Waals surface area contributed by atoms with Gasteiger partial charge >= 0.3 is 0 Å². The van der Waals surface area contributed by atoms with Crippen molar-refractivity contribution >= 4 is 22.8 Å². The predicted molar refractivity (Wildman–Crippen MR) is 80.6 cm³/mol. The molecular formula is C14H24N2O2S. The Labute approximate surface area is 119 Å². The number of thiazole rings is 1. The largest absolute Gasteiger partial charge is 0.377 e. The molecule has 0 saturated heterocycles. The van der Waals surface area contributed by atoms with Crippen molar-refractivity contribution in [1.82, 2.24) is 4.98 Å². The summed E-state index contributed by atoms with van der Waals surface area (Å²) in [4.78, 5) is 18.5. The van der Waals surface area contributed by atoms with Crippen LogP contribution in [-0.2, 0) is 4.74 Å². The van der Waals surface area contributed by atoms with E-state index in [1.165, 1.54) is 11.3 Å². The summed E-state index contributed by atoms with van der Waals surface area (Å²) in [6.07, 6.45) is 2.15. The first kappa shape index (κ1) is 16.1. The van der Waals surface area contributed by atoms with E-state index in [1.54, 1.807) is 0 Å². The molecule has 1 rings (SSSR count). The Morgan fingerprint density at radius 2 is 2.11 bits per heavy atom. The van der Waals surface area contributed by atoms with Crippen LogP contribution in [0.15, 0.2) is 0 Å². The molecule has 1 aromatic heterocycles. The van der Waals surface area contributed by atoms with Gasteiger partial charge in [-0.05, 0) is 26.2 Å². The fraction of sp³-hybridized carbons (Fsp3) is 0.714. The number of hydrogen-bond donors (Lipinski definition) is 0. The monoisotopic (exact) mass is 284 g/mol. The van der Waals surface area contributed by atoms with Crippen molar-refractivity contribution in [2.75, 3.05) is 25.1 Å². The Bertz CT molecular complexity index is 404. The summed E-state index contributed by atoms with van der Waals surface area (Å²) in [6.45, 7) is 9.71. The number of carbonyl (C=O) groups is 1. The van der Waals surface area contributed by atoms with E-state index < -0.39 is 0 Å². The van der Waals surface area contributed by atoms with Crippen LogP contribution >= 0.6 is 11.3 Å². The summed E-state index contributed by atoms with van der Waals surface area (Å²) in [5.41, 5.74) is 0.925. The van der Waals surface area contributed by atoms with Crippen LogP contribution in [0.5, 0.6) is 0 Å². The lowest BCUT2D eigenvalue weighted by molar-refractivity contribution is 0.0846. The topological polar surface area (TPSA) is 42.4 Å². The van der Waals surface area contributed by atoms with E-state index in [2.05, 4.69) is 18.8 Å². The zero-order chi connectivity index (χ0) is 14.4. The Morgan fingerprint density at radius 3 is 2.63 bits per heavy atom. The summed E-state index contributed by atoms with van der Waals surface area (Å²) >= 11 is 1.46. The van der Waals surface area contributed by atoms with Crippen molar-refractivity contribution in [2.45, 2.75) is 46.1 Å². The second-order valence-electron chi connectivity index (χ2n) is 5.01. The maximum atomic E-state index is 11.1. The van der Waals surface area contributed by atoms with Crippen LogP contribution in [0, 0.1) is 0 Å². The van der Waals surface area contributed by atoms with E-state index in [0.717, 1.165) is 35.0 Å². The van der Waals surface area contributed by atoms with Crippen LogP contribution in [0.3, 0.4) is 0 Å². The Kier molecular flexibility index (Phi) is 6.45. The minimum atomic E-state index is 0.242. The first-order valence-corrected chi connectivity index (χ1v) is 7.59. The van der Waals surface area contributed by atoms with Gasteiger partial charge < -0.3 is 9.64 Å². The van der Waals surface area contributed by atoms with E-state index in [0.29, 0.717) is 12.5 Å². The second-order valence-corrected chi connectivity index (χ2v) is 6.02. The minimum absolute atomic E-state index is 0.242. The standard InChI is InChI=1S/C14H24N2O2S/c1-6-11(4)13-12(9-17)19-14(15-13)16(5)7-8-18-10(2)3/h9-11H,6-8H2,1-5H3. The number of likely N-dealkylation sites (N-methyl/N-ethyl adjacent to an activating group) is 1. The first-order valence-electron chi connectivity index (χ1n) is 6.78. The molecule has 0 N–H and O–H groups in total. The van der Waals surface area contributed by atoms with Crippen molar-refractivity contribution in [3.05, 3.63) is 10.6 Å². The lowest BCUT2D eigenvalue weighted by atomic mass is 10.0. The van der Waals surface area contributed by atoms with Crippen molar-refractivity contribution in [3.8, 4) is 0 Å². The fourth-order valence-electron chi connectivity index (χ4n) is 1.65. The van der Waals surface area contributed by atoms with Gasteiger partial charge in [-0.3, -0.25) is 4.79 Å².